The van der Waals surface area contributed by atoms with Crippen LogP contribution < -0.4 is 10.6 Å². The lowest BCUT2D eigenvalue weighted by molar-refractivity contribution is -0.139. The van der Waals surface area contributed by atoms with Crippen molar-refractivity contribution < 1.29 is 19.5 Å². The van der Waals surface area contributed by atoms with Crippen molar-refractivity contribution in [3.63, 3.8) is 0 Å². The Hall–Kier alpha value is -1.79. The van der Waals surface area contributed by atoms with Gasteiger partial charge in [0, 0.05) is 13.1 Å². The molecule has 7 heteroatoms. The van der Waals surface area contributed by atoms with Crippen molar-refractivity contribution in [2.24, 2.45) is 0 Å². The number of nitrogens with zero attached hydrogens (tertiary/aromatic N) is 1. The van der Waals surface area contributed by atoms with Crippen LogP contribution in [0.1, 0.15) is 33.6 Å². The lowest BCUT2D eigenvalue weighted by atomic mass is 9.99. The molecule has 1 heterocycles. The van der Waals surface area contributed by atoms with Crippen LogP contribution in [0.2, 0.25) is 0 Å². The normalized spacial score (nSPS) is 19.5. The number of nitrogens with one attached hydrogen (secondary N) is 2. The number of urea groups is 1. The summed E-state index contributed by atoms with van der Waals surface area (Å²) in [4.78, 5) is 36.2. The highest BCUT2D eigenvalue weighted by Gasteiger charge is 2.41. The number of carbonyl (C=O) groups excluding carboxylic acids is 2. The largest absolute Gasteiger partial charge is 0.480 e. The second kappa shape index (κ2) is 5.90. The van der Waals surface area contributed by atoms with Crippen molar-refractivity contribution >= 4 is 17.9 Å². The quantitative estimate of drug-likeness (QED) is 0.678. The molecule has 0 aromatic heterocycles. The van der Waals surface area contributed by atoms with Crippen molar-refractivity contribution in [3.8, 4) is 0 Å². The van der Waals surface area contributed by atoms with Gasteiger partial charge in [0.15, 0.2) is 0 Å². The number of piperazine rings is 1. The molecule has 1 aliphatic heterocycles. The Kier molecular flexibility index (Phi) is 4.74. The van der Waals surface area contributed by atoms with Gasteiger partial charge in [0.05, 0.1) is 0 Å². The Morgan fingerprint density at radius 3 is 2.68 bits per heavy atom. The van der Waals surface area contributed by atoms with E-state index in [2.05, 4.69) is 10.6 Å². The van der Waals surface area contributed by atoms with Gasteiger partial charge in [-0.15, -0.1) is 0 Å². The average Bonchev–Trinajstić information content (AvgIpc) is 2.31. The van der Waals surface area contributed by atoms with Gasteiger partial charge in [-0.3, -0.25) is 4.79 Å². The zero-order chi connectivity index (χ0) is 14.6. The van der Waals surface area contributed by atoms with Crippen LogP contribution >= 0.6 is 0 Å². The van der Waals surface area contributed by atoms with Gasteiger partial charge in [-0.25, -0.2) is 9.59 Å². The van der Waals surface area contributed by atoms with E-state index >= 15 is 0 Å². The fraction of sp³-hybridized carbons (Fsp3) is 0.750. The number of rotatable bonds is 4. The molecular formula is C12H21N3O4. The van der Waals surface area contributed by atoms with Crippen molar-refractivity contribution in [3.05, 3.63) is 0 Å². The maximum absolute atomic E-state index is 12.1. The molecule has 3 N–H and O–H groups in total. The summed E-state index contributed by atoms with van der Waals surface area (Å²) in [5.41, 5.74) is -0.975. The van der Waals surface area contributed by atoms with Gasteiger partial charge in [0.1, 0.15) is 11.6 Å². The van der Waals surface area contributed by atoms with E-state index in [4.69, 9.17) is 5.11 Å². The number of carboxylic acid groups (broad SMARTS) is 1. The van der Waals surface area contributed by atoms with E-state index in [0.717, 1.165) is 0 Å². The Balaban J connectivity index is 2.76. The molecule has 0 bridgehead atoms. The van der Waals surface area contributed by atoms with Crippen LogP contribution in [0.25, 0.3) is 0 Å². The number of hydrogen-bond acceptors (Lipinski definition) is 3. The Morgan fingerprint density at radius 2 is 2.16 bits per heavy atom. The number of carbonyl (C=O) groups is 3. The predicted octanol–water partition coefficient (Wildman–Crippen LogP) is 0.160. The molecule has 108 valence electrons. The highest BCUT2D eigenvalue weighted by Crippen LogP contribution is 2.17. The van der Waals surface area contributed by atoms with Crippen LogP contribution in [-0.4, -0.2) is 52.6 Å². The van der Waals surface area contributed by atoms with E-state index in [9.17, 15) is 14.4 Å². The van der Waals surface area contributed by atoms with Gasteiger partial charge >= 0.3 is 12.0 Å². The first-order valence-electron chi connectivity index (χ1n) is 6.40. The minimum absolute atomic E-state index is 0.240. The minimum atomic E-state index is -1.06. The molecule has 0 saturated carbocycles. The lowest BCUT2D eigenvalue weighted by Crippen LogP contribution is -2.66. The monoisotopic (exact) mass is 271 g/mol. The van der Waals surface area contributed by atoms with E-state index in [0.29, 0.717) is 25.9 Å². The van der Waals surface area contributed by atoms with Crippen molar-refractivity contribution in [1.29, 1.82) is 0 Å². The highest BCUT2D eigenvalue weighted by atomic mass is 16.4. The molecule has 1 saturated heterocycles. The van der Waals surface area contributed by atoms with Crippen molar-refractivity contribution in [1.82, 2.24) is 15.5 Å². The zero-order valence-corrected chi connectivity index (χ0v) is 11.5. The SMILES string of the molecule is CCC[C@H](NC(=O)N1CCNC(=O)C1(C)C)C(=O)O. The Morgan fingerprint density at radius 1 is 1.53 bits per heavy atom. The van der Waals surface area contributed by atoms with Gasteiger partial charge in [-0.05, 0) is 20.3 Å². The molecule has 1 rings (SSSR count). The second-order valence-electron chi connectivity index (χ2n) is 5.10. The maximum atomic E-state index is 12.1. The van der Waals surface area contributed by atoms with Gasteiger partial charge in [0.25, 0.3) is 0 Å². The summed E-state index contributed by atoms with van der Waals surface area (Å²) in [6.07, 6.45) is 1.02. The summed E-state index contributed by atoms with van der Waals surface area (Å²) in [5, 5.41) is 14.2. The van der Waals surface area contributed by atoms with Crippen LogP contribution in [0.4, 0.5) is 4.79 Å². The second-order valence-corrected chi connectivity index (χ2v) is 5.10. The van der Waals surface area contributed by atoms with Crippen molar-refractivity contribution in [2.45, 2.75) is 45.2 Å². The lowest BCUT2D eigenvalue weighted by Gasteiger charge is -2.41. The van der Waals surface area contributed by atoms with Crippen LogP contribution in [0.15, 0.2) is 0 Å². The molecule has 7 nitrogen and oxygen atoms in total. The van der Waals surface area contributed by atoms with E-state index in [1.165, 1.54) is 4.90 Å². The number of carboxylic acids is 1. The van der Waals surface area contributed by atoms with Gasteiger partial charge in [0.2, 0.25) is 5.91 Å². The third-order valence-electron chi connectivity index (χ3n) is 3.27. The van der Waals surface area contributed by atoms with Crippen LogP contribution in [0.3, 0.4) is 0 Å². The maximum Gasteiger partial charge on any atom is 0.326 e. The number of amides is 3. The van der Waals surface area contributed by atoms with E-state index in [-0.39, 0.29) is 5.91 Å². The molecule has 1 fully saturated rings. The van der Waals surface area contributed by atoms with Gasteiger partial charge in [-0.1, -0.05) is 13.3 Å². The first-order valence-corrected chi connectivity index (χ1v) is 6.40. The molecule has 1 aliphatic rings. The highest BCUT2D eigenvalue weighted by molar-refractivity contribution is 5.92. The van der Waals surface area contributed by atoms with Gasteiger partial charge < -0.3 is 20.6 Å². The van der Waals surface area contributed by atoms with Gasteiger partial charge in [-0.2, -0.15) is 0 Å². The molecule has 0 spiro atoms. The van der Waals surface area contributed by atoms with E-state index < -0.39 is 23.6 Å². The fourth-order valence-corrected chi connectivity index (χ4v) is 2.03. The molecule has 0 aliphatic carbocycles. The minimum Gasteiger partial charge on any atom is -0.480 e. The summed E-state index contributed by atoms with van der Waals surface area (Å²) in [6, 6.07) is -1.43. The fourth-order valence-electron chi connectivity index (χ4n) is 2.03. The van der Waals surface area contributed by atoms with E-state index in [1.54, 1.807) is 13.8 Å². The Bertz CT molecular complexity index is 381. The van der Waals surface area contributed by atoms with Crippen LogP contribution in [-0.2, 0) is 9.59 Å². The molecule has 0 radical (unpaired) electrons. The summed E-state index contributed by atoms with van der Waals surface area (Å²) in [7, 11) is 0. The number of hydrogen-bond donors (Lipinski definition) is 3. The standard InChI is InChI=1S/C12H21N3O4/c1-4-5-8(9(16)17)14-11(19)15-7-6-13-10(18)12(15,2)3/h8H,4-7H2,1-3H3,(H,13,18)(H,14,19)(H,16,17)/t8-/m0/s1. The third-order valence-corrected chi connectivity index (χ3v) is 3.27. The van der Waals surface area contributed by atoms with Crippen LogP contribution in [0.5, 0.6) is 0 Å². The molecule has 0 aromatic carbocycles. The first kappa shape index (κ1) is 15.3. The smallest absolute Gasteiger partial charge is 0.326 e. The number of aliphatic carboxylic acids is 1. The predicted molar refractivity (Wildman–Crippen MR) is 68.7 cm³/mol. The Labute approximate surface area is 112 Å². The zero-order valence-electron chi connectivity index (χ0n) is 11.5. The molecule has 1 atom stereocenters. The third kappa shape index (κ3) is 3.36. The summed E-state index contributed by atoms with van der Waals surface area (Å²) in [6.45, 7) is 5.86. The molecule has 19 heavy (non-hydrogen) atoms. The van der Waals surface area contributed by atoms with Crippen molar-refractivity contribution in [2.75, 3.05) is 13.1 Å². The molecule has 0 unspecified atom stereocenters. The topological polar surface area (TPSA) is 98.7 Å². The summed E-state index contributed by atoms with van der Waals surface area (Å²) >= 11 is 0. The van der Waals surface area contributed by atoms with Crippen LogP contribution in [0, 0.1) is 0 Å². The van der Waals surface area contributed by atoms with E-state index in [1.807, 2.05) is 6.92 Å². The first-order chi connectivity index (χ1) is 8.80. The molecule has 3 amide bonds. The molecular weight excluding hydrogens is 250 g/mol. The summed E-state index contributed by atoms with van der Waals surface area (Å²) < 4.78 is 0. The summed E-state index contributed by atoms with van der Waals surface area (Å²) in [5.74, 6) is -1.30. The molecule has 0 aromatic rings. The average molecular weight is 271 g/mol.